The van der Waals surface area contributed by atoms with Crippen molar-refractivity contribution >= 4 is 17.3 Å². The highest BCUT2D eigenvalue weighted by Gasteiger charge is 2.12. The molecule has 2 aromatic carbocycles. The van der Waals surface area contributed by atoms with E-state index in [-0.39, 0.29) is 6.04 Å². The lowest BCUT2D eigenvalue weighted by Crippen LogP contribution is -2.16. The summed E-state index contributed by atoms with van der Waals surface area (Å²) in [6.07, 6.45) is 0. The minimum Gasteiger partial charge on any atom is -0.497 e. The SMILES string of the molecule is COc1ccc(C(C)Nc2ccc(N)cc2C(N)=O)cc1. The van der Waals surface area contributed by atoms with Gasteiger partial charge in [-0.15, -0.1) is 0 Å². The van der Waals surface area contributed by atoms with Crippen LogP contribution in [0.2, 0.25) is 0 Å². The number of nitrogens with one attached hydrogen (secondary N) is 1. The Kier molecular flexibility index (Phi) is 4.33. The van der Waals surface area contributed by atoms with Crippen molar-refractivity contribution in [2.75, 3.05) is 18.2 Å². The maximum absolute atomic E-state index is 11.5. The van der Waals surface area contributed by atoms with E-state index in [1.807, 2.05) is 31.2 Å². The Bertz CT molecular complexity index is 638. The zero-order chi connectivity index (χ0) is 15.4. The molecule has 2 aromatic rings. The first-order valence-electron chi connectivity index (χ1n) is 6.61. The molecule has 0 radical (unpaired) electrons. The van der Waals surface area contributed by atoms with Crippen molar-refractivity contribution in [2.24, 2.45) is 5.73 Å². The van der Waals surface area contributed by atoms with E-state index < -0.39 is 5.91 Å². The van der Waals surface area contributed by atoms with Crippen LogP contribution in [0.15, 0.2) is 42.5 Å². The fraction of sp³-hybridized carbons (Fsp3) is 0.188. The number of nitrogen functional groups attached to an aromatic ring is 1. The van der Waals surface area contributed by atoms with Gasteiger partial charge in [-0.1, -0.05) is 12.1 Å². The summed E-state index contributed by atoms with van der Waals surface area (Å²) in [6, 6.07) is 12.8. The van der Waals surface area contributed by atoms with Gasteiger partial charge in [-0.05, 0) is 42.8 Å². The normalized spacial score (nSPS) is 11.7. The zero-order valence-corrected chi connectivity index (χ0v) is 12.1. The first-order valence-corrected chi connectivity index (χ1v) is 6.61. The summed E-state index contributed by atoms with van der Waals surface area (Å²) in [5, 5.41) is 3.28. The predicted octanol–water partition coefficient (Wildman–Crippen LogP) is 2.55. The van der Waals surface area contributed by atoms with Gasteiger partial charge in [0.2, 0.25) is 0 Å². The van der Waals surface area contributed by atoms with Crippen molar-refractivity contribution in [1.29, 1.82) is 0 Å². The maximum Gasteiger partial charge on any atom is 0.250 e. The van der Waals surface area contributed by atoms with E-state index in [0.717, 1.165) is 11.3 Å². The molecule has 0 saturated heterocycles. The summed E-state index contributed by atoms with van der Waals surface area (Å²) in [5.41, 5.74) is 13.7. The highest BCUT2D eigenvalue weighted by atomic mass is 16.5. The van der Waals surface area contributed by atoms with Gasteiger partial charge in [0.25, 0.3) is 5.91 Å². The Morgan fingerprint density at radius 1 is 1.19 bits per heavy atom. The van der Waals surface area contributed by atoms with Gasteiger partial charge in [0.1, 0.15) is 5.75 Å². The van der Waals surface area contributed by atoms with E-state index in [4.69, 9.17) is 16.2 Å². The van der Waals surface area contributed by atoms with E-state index in [1.165, 1.54) is 0 Å². The first-order chi connectivity index (χ1) is 10.0. The van der Waals surface area contributed by atoms with Crippen molar-refractivity contribution < 1.29 is 9.53 Å². The molecule has 5 nitrogen and oxygen atoms in total. The Hall–Kier alpha value is -2.69. The van der Waals surface area contributed by atoms with E-state index >= 15 is 0 Å². The van der Waals surface area contributed by atoms with Crippen LogP contribution >= 0.6 is 0 Å². The molecule has 1 amide bonds. The molecule has 5 N–H and O–H groups in total. The fourth-order valence-corrected chi connectivity index (χ4v) is 2.10. The lowest BCUT2D eigenvalue weighted by atomic mass is 10.1. The van der Waals surface area contributed by atoms with Gasteiger partial charge in [0.05, 0.1) is 12.7 Å². The largest absolute Gasteiger partial charge is 0.497 e. The van der Waals surface area contributed by atoms with Crippen LogP contribution in [0.25, 0.3) is 0 Å². The van der Waals surface area contributed by atoms with Gasteiger partial charge in [0, 0.05) is 17.4 Å². The average molecular weight is 285 g/mol. The summed E-state index contributed by atoms with van der Waals surface area (Å²) >= 11 is 0. The molecule has 1 unspecified atom stereocenters. The van der Waals surface area contributed by atoms with Gasteiger partial charge in [0.15, 0.2) is 0 Å². The Balaban J connectivity index is 2.22. The van der Waals surface area contributed by atoms with Crippen LogP contribution in [0.1, 0.15) is 28.9 Å². The molecule has 0 aromatic heterocycles. The molecule has 110 valence electrons. The molecule has 0 aliphatic heterocycles. The molecule has 0 fully saturated rings. The van der Waals surface area contributed by atoms with Crippen molar-refractivity contribution in [2.45, 2.75) is 13.0 Å². The third-order valence-corrected chi connectivity index (χ3v) is 3.30. The average Bonchev–Trinajstić information content (AvgIpc) is 2.49. The first kappa shape index (κ1) is 14.7. The minimum absolute atomic E-state index is 0.0117. The topological polar surface area (TPSA) is 90.4 Å². The molecular formula is C16H19N3O2. The monoisotopic (exact) mass is 285 g/mol. The minimum atomic E-state index is -0.508. The Morgan fingerprint density at radius 2 is 1.86 bits per heavy atom. The van der Waals surface area contributed by atoms with Crippen molar-refractivity contribution in [1.82, 2.24) is 0 Å². The van der Waals surface area contributed by atoms with Crippen molar-refractivity contribution in [3.63, 3.8) is 0 Å². The number of ether oxygens (including phenoxy) is 1. The number of rotatable bonds is 5. The fourth-order valence-electron chi connectivity index (χ4n) is 2.10. The summed E-state index contributed by atoms with van der Waals surface area (Å²) in [7, 11) is 1.63. The smallest absolute Gasteiger partial charge is 0.250 e. The van der Waals surface area contributed by atoms with E-state index in [9.17, 15) is 4.79 Å². The summed E-state index contributed by atoms with van der Waals surface area (Å²) in [4.78, 5) is 11.5. The Labute approximate surface area is 123 Å². The highest BCUT2D eigenvalue weighted by molar-refractivity contribution is 5.99. The number of benzene rings is 2. The van der Waals surface area contributed by atoms with Crippen LogP contribution in [0.4, 0.5) is 11.4 Å². The summed E-state index contributed by atoms with van der Waals surface area (Å²) in [5.74, 6) is 0.294. The standard InChI is InChI=1S/C16H19N3O2/c1-10(11-3-6-13(21-2)7-4-11)19-15-8-5-12(17)9-14(15)16(18)20/h3-10,19H,17H2,1-2H3,(H2,18,20). The quantitative estimate of drug-likeness (QED) is 0.736. The number of amides is 1. The summed E-state index contributed by atoms with van der Waals surface area (Å²) in [6.45, 7) is 2.00. The number of carbonyl (C=O) groups excluding carboxylic acids is 1. The molecular weight excluding hydrogens is 266 g/mol. The number of hydrogen-bond donors (Lipinski definition) is 3. The molecule has 2 rings (SSSR count). The van der Waals surface area contributed by atoms with Gasteiger partial charge in [-0.2, -0.15) is 0 Å². The van der Waals surface area contributed by atoms with Crippen molar-refractivity contribution in [3.05, 3.63) is 53.6 Å². The number of carbonyl (C=O) groups is 1. The van der Waals surface area contributed by atoms with Gasteiger partial charge in [-0.25, -0.2) is 0 Å². The van der Waals surface area contributed by atoms with Crippen LogP contribution in [-0.4, -0.2) is 13.0 Å². The zero-order valence-electron chi connectivity index (χ0n) is 12.1. The second-order valence-corrected chi connectivity index (χ2v) is 4.81. The molecule has 21 heavy (non-hydrogen) atoms. The maximum atomic E-state index is 11.5. The number of anilines is 2. The van der Waals surface area contributed by atoms with Gasteiger partial charge < -0.3 is 21.5 Å². The van der Waals surface area contributed by atoms with Crippen LogP contribution < -0.4 is 21.5 Å². The lowest BCUT2D eigenvalue weighted by molar-refractivity contribution is 0.100. The third kappa shape index (κ3) is 3.45. The van der Waals surface area contributed by atoms with Gasteiger partial charge >= 0.3 is 0 Å². The molecule has 0 bridgehead atoms. The van der Waals surface area contributed by atoms with Crippen LogP contribution in [0, 0.1) is 0 Å². The molecule has 0 aliphatic rings. The van der Waals surface area contributed by atoms with Crippen LogP contribution in [-0.2, 0) is 0 Å². The number of nitrogens with two attached hydrogens (primary N) is 2. The highest BCUT2D eigenvalue weighted by Crippen LogP contribution is 2.25. The predicted molar refractivity (Wildman–Crippen MR) is 84.4 cm³/mol. The second kappa shape index (κ2) is 6.17. The van der Waals surface area contributed by atoms with E-state index in [0.29, 0.717) is 16.9 Å². The van der Waals surface area contributed by atoms with E-state index in [2.05, 4.69) is 5.32 Å². The van der Waals surface area contributed by atoms with Crippen LogP contribution in [0.5, 0.6) is 5.75 Å². The number of hydrogen-bond acceptors (Lipinski definition) is 4. The Morgan fingerprint density at radius 3 is 2.43 bits per heavy atom. The molecule has 5 heteroatoms. The number of primary amides is 1. The van der Waals surface area contributed by atoms with Crippen molar-refractivity contribution in [3.8, 4) is 5.75 Å². The number of methoxy groups -OCH3 is 1. The van der Waals surface area contributed by atoms with Crippen LogP contribution in [0.3, 0.4) is 0 Å². The summed E-state index contributed by atoms with van der Waals surface area (Å²) < 4.78 is 5.14. The molecule has 0 aliphatic carbocycles. The molecule has 0 saturated carbocycles. The molecule has 1 atom stereocenters. The second-order valence-electron chi connectivity index (χ2n) is 4.81. The molecule has 0 heterocycles. The van der Waals surface area contributed by atoms with E-state index in [1.54, 1.807) is 25.3 Å². The molecule has 0 spiro atoms. The third-order valence-electron chi connectivity index (χ3n) is 3.30. The lowest BCUT2D eigenvalue weighted by Gasteiger charge is -2.18. The van der Waals surface area contributed by atoms with Gasteiger partial charge in [-0.3, -0.25) is 4.79 Å².